The zero-order valence-corrected chi connectivity index (χ0v) is 21.3. The molecule has 1 aliphatic carbocycles. The molecule has 1 aliphatic rings. The van der Waals surface area contributed by atoms with Crippen LogP contribution in [0.15, 0.2) is 65.8 Å². The summed E-state index contributed by atoms with van der Waals surface area (Å²) in [7, 11) is 0. The van der Waals surface area contributed by atoms with Crippen molar-refractivity contribution >= 4 is 17.4 Å². The van der Waals surface area contributed by atoms with Crippen LogP contribution in [0.1, 0.15) is 74.3 Å². The van der Waals surface area contributed by atoms with Crippen LogP contribution in [0.2, 0.25) is 0 Å². The maximum atomic E-state index is 11.6. The fourth-order valence-corrected chi connectivity index (χ4v) is 5.66. The standard InChI is InChI=1S/C30H32N2O4/c1-5-15-30(16-6-2)27-17-22(11-13-25(27)26-14-12-23(32(34)35)19-28(26)30)18-29(31-36-21(4)33)24-10-8-7-9-20(24)3/h7-14,17,19H,5-6,15-16,18H2,1-4H3/b31-29-. The van der Waals surface area contributed by atoms with Crippen LogP contribution in [0, 0.1) is 17.0 Å². The average Bonchev–Trinajstić information content (AvgIpc) is 3.11. The van der Waals surface area contributed by atoms with E-state index in [2.05, 4.69) is 37.2 Å². The van der Waals surface area contributed by atoms with E-state index >= 15 is 0 Å². The second kappa shape index (κ2) is 10.4. The van der Waals surface area contributed by atoms with Crippen LogP contribution in [-0.4, -0.2) is 16.6 Å². The number of hydrogen-bond acceptors (Lipinski definition) is 5. The highest BCUT2D eigenvalue weighted by Gasteiger charge is 2.42. The molecule has 3 aromatic carbocycles. The zero-order valence-electron chi connectivity index (χ0n) is 21.3. The third-order valence-corrected chi connectivity index (χ3v) is 7.08. The van der Waals surface area contributed by atoms with Crippen molar-refractivity contribution < 1.29 is 14.6 Å². The summed E-state index contributed by atoms with van der Waals surface area (Å²) in [6.45, 7) is 7.68. The Labute approximate surface area is 212 Å². The predicted octanol–water partition coefficient (Wildman–Crippen LogP) is 7.28. The highest BCUT2D eigenvalue weighted by Crippen LogP contribution is 2.54. The van der Waals surface area contributed by atoms with Gasteiger partial charge in [0, 0.05) is 36.5 Å². The largest absolute Gasteiger partial charge is 0.331 e. The van der Waals surface area contributed by atoms with Crippen molar-refractivity contribution in [3.05, 3.63) is 98.6 Å². The molecule has 3 aromatic rings. The number of oxime groups is 1. The summed E-state index contributed by atoms with van der Waals surface area (Å²) in [5.74, 6) is -0.461. The van der Waals surface area contributed by atoms with E-state index in [9.17, 15) is 14.9 Å². The molecule has 0 unspecified atom stereocenters. The van der Waals surface area contributed by atoms with Crippen LogP contribution in [0.3, 0.4) is 0 Å². The number of nitro groups is 1. The summed E-state index contributed by atoms with van der Waals surface area (Å²) in [5.41, 5.74) is 8.09. The summed E-state index contributed by atoms with van der Waals surface area (Å²) >= 11 is 0. The first-order valence-corrected chi connectivity index (χ1v) is 12.5. The number of nitrogens with zero attached hydrogens (tertiary/aromatic N) is 2. The van der Waals surface area contributed by atoms with Crippen molar-refractivity contribution in [1.82, 2.24) is 0 Å². The molecule has 0 atom stereocenters. The lowest BCUT2D eigenvalue weighted by Crippen LogP contribution is -2.25. The van der Waals surface area contributed by atoms with Crippen LogP contribution in [0.5, 0.6) is 0 Å². The number of rotatable bonds is 9. The minimum atomic E-state index is -0.461. The molecule has 6 nitrogen and oxygen atoms in total. The molecule has 36 heavy (non-hydrogen) atoms. The zero-order chi connectivity index (χ0) is 25.9. The van der Waals surface area contributed by atoms with Gasteiger partial charge in [-0.05, 0) is 59.2 Å². The van der Waals surface area contributed by atoms with Crippen LogP contribution in [0.25, 0.3) is 11.1 Å². The third kappa shape index (κ3) is 4.68. The van der Waals surface area contributed by atoms with Gasteiger partial charge < -0.3 is 4.84 Å². The van der Waals surface area contributed by atoms with E-state index in [4.69, 9.17) is 4.84 Å². The topological polar surface area (TPSA) is 81.8 Å². The van der Waals surface area contributed by atoms with Gasteiger partial charge >= 0.3 is 5.97 Å². The monoisotopic (exact) mass is 484 g/mol. The fourth-order valence-electron chi connectivity index (χ4n) is 5.66. The summed E-state index contributed by atoms with van der Waals surface area (Å²) in [6, 6.07) is 19.6. The Morgan fingerprint density at radius 3 is 2.22 bits per heavy atom. The van der Waals surface area contributed by atoms with Crippen LogP contribution in [0.4, 0.5) is 5.69 Å². The molecular formula is C30H32N2O4. The molecule has 0 spiro atoms. The van der Waals surface area contributed by atoms with E-state index in [-0.39, 0.29) is 16.0 Å². The number of non-ortho nitro benzene ring substituents is 1. The van der Waals surface area contributed by atoms with E-state index in [1.807, 2.05) is 37.3 Å². The number of aryl methyl sites for hydroxylation is 1. The first-order valence-electron chi connectivity index (χ1n) is 12.5. The van der Waals surface area contributed by atoms with Crippen molar-refractivity contribution in [3.63, 3.8) is 0 Å². The lowest BCUT2D eigenvalue weighted by Gasteiger charge is -2.32. The van der Waals surface area contributed by atoms with Gasteiger partial charge in [0.15, 0.2) is 0 Å². The van der Waals surface area contributed by atoms with Gasteiger partial charge in [-0.1, -0.05) is 74.3 Å². The quantitative estimate of drug-likeness (QED) is 0.138. The summed E-state index contributed by atoms with van der Waals surface area (Å²) in [6.07, 6.45) is 4.26. The normalized spacial score (nSPS) is 13.7. The van der Waals surface area contributed by atoms with E-state index in [0.29, 0.717) is 12.1 Å². The third-order valence-electron chi connectivity index (χ3n) is 7.08. The molecule has 186 valence electrons. The first kappa shape index (κ1) is 25.3. The SMILES string of the molecule is CCCC1(CCC)c2cc(C/C(=N/OC(C)=O)c3ccccc3C)ccc2-c2ccc([N+](=O)[O-])cc21. The van der Waals surface area contributed by atoms with Gasteiger partial charge in [-0.15, -0.1) is 0 Å². The van der Waals surface area contributed by atoms with Crippen LogP contribution >= 0.6 is 0 Å². The van der Waals surface area contributed by atoms with E-state index in [1.54, 1.807) is 12.1 Å². The molecule has 0 fully saturated rings. The molecule has 0 aromatic heterocycles. The smallest absolute Gasteiger partial charge is 0.318 e. The van der Waals surface area contributed by atoms with Crippen molar-refractivity contribution in [2.24, 2.45) is 5.16 Å². The van der Waals surface area contributed by atoms with Crippen molar-refractivity contribution in [1.29, 1.82) is 0 Å². The highest BCUT2D eigenvalue weighted by atomic mass is 16.7. The second-order valence-corrected chi connectivity index (χ2v) is 9.56. The number of carbonyl (C=O) groups is 1. The Kier molecular flexibility index (Phi) is 7.34. The lowest BCUT2D eigenvalue weighted by atomic mass is 9.71. The van der Waals surface area contributed by atoms with E-state index < -0.39 is 5.97 Å². The molecule has 0 bridgehead atoms. The molecule has 0 saturated heterocycles. The molecule has 0 N–H and O–H groups in total. The van der Waals surface area contributed by atoms with Gasteiger partial charge in [-0.2, -0.15) is 0 Å². The minimum Gasteiger partial charge on any atom is -0.318 e. The average molecular weight is 485 g/mol. The minimum absolute atomic E-state index is 0.133. The van der Waals surface area contributed by atoms with Crippen LogP contribution < -0.4 is 0 Å². The van der Waals surface area contributed by atoms with Crippen molar-refractivity contribution in [3.8, 4) is 11.1 Å². The summed E-state index contributed by atoms with van der Waals surface area (Å²) in [4.78, 5) is 27.9. The Morgan fingerprint density at radius 2 is 1.61 bits per heavy atom. The molecule has 0 radical (unpaired) electrons. The van der Waals surface area contributed by atoms with Gasteiger partial charge in [-0.25, -0.2) is 4.79 Å². The van der Waals surface area contributed by atoms with Gasteiger partial charge in [0.25, 0.3) is 5.69 Å². The Balaban J connectivity index is 1.83. The number of carbonyl (C=O) groups excluding carboxylic acids is 1. The number of hydrogen-bond donors (Lipinski definition) is 0. The van der Waals surface area contributed by atoms with E-state index in [0.717, 1.165) is 59.1 Å². The van der Waals surface area contributed by atoms with Gasteiger partial charge in [0.2, 0.25) is 0 Å². The first-order chi connectivity index (χ1) is 17.3. The van der Waals surface area contributed by atoms with Gasteiger partial charge in [0.05, 0.1) is 10.6 Å². The van der Waals surface area contributed by atoms with E-state index in [1.165, 1.54) is 12.5 Å². The van der Waals surface area contributed by atoms with Gasteiger partial charge in [0.1, 0.15) is 0 Å². The molecule has 0 aliphatic heterocycles. The highest BCUT2D eigenvalue weighted by molar-refractivity contribution is 6.03. The molecule has 0 saturated carbocycles. The second-order valence-electron chi connectivity index (χ2n) is 9.56. The number of nitro benzene ring substituents is 1. The fraction of sp³-hybridized carbons (Fsp3) is 0.333. The Hall–Kier alpha value is -3.80. The Morgan fingerprint density at radius 1 is 0.972 bits per heavy atom. The van der Waals surface area contributed by atoms with Crippen molar-refractivity contribution in [2.45, 2.75) is 65.2 Å². The Bertz CT molecular complexity index is 1340. The van der Waals surface area contributed by atoms with Crippen molar-refractivity contribution in [2.75, 3.05) is 0 Å². The lowest BCUT2D eigenvalue weighted by molar-refractivity contribution is -0.384. The molecular weight excluding hydrogens is 452 g/mol. The van der Waals surface area contributed by atoms with Gasteiger partial charge in [-0.3, -0.25) is 10.1 Å². The molecule has 0 heterocycles. The summed E-state index contributed by atoms with van der Waals surface area (Å²) in [5, 5.41) is 15.8. The number of fused-ring (bicyclic) bond motifs is 3. The number of benzene rings is 3. The molecule has 6 heteroatoms. The van der Waals surface area contributed by atoms with Crippen LogP contribution in [-0.2, 0) is 21.5 Å². The predicted molar refractivity (Wildman–Crippen MR) is 142 cm³/mol. The molecule has 4 rings (SSSR count). The maximum absolute atomic E-state index is 11.6. The molecule has 0 amide bonds. The maximum Gasteiger partial charge on any atom is 0.331 e. The summed E-state index contributed by atoms with van der Waals surface area (Å²) < 4.78 is 0.